The van der Waals surface area contributed by atoms with E-state index in [1.807, 2.05) is 30.3 Å². The molecular formula is C35H53N3O. The van der Waals surface area contributed by atoms with E-state index in [1.54, 1.807) is 0 Å². The third kappa shape index (κ3) is 12.0. The number of nitrogens with one attached hydrogen (secondary N) is 1. The van der Waals surface area contributed by atoms with Crippen LogP contribution in [0.1, 0.15) is 132 Å². The Morgan fingerprint density at radius 1 is 0.667 bits per heavy atom. The van der Waals surface area contributed by atoms with E-state index >= 15 is 0 Å². The molecule has 0 atom stereocenters. The smallest absolute Gasteiger partial charge is 0.251 e. The highest BCUT2D eigenvalue weighted by molar-refractivity contribution is 5.94. The predicted octanol–water partition coefficient (Wildman–Crippen LogP) is 9.66. The van der Waals surface area contributed by atoms with Gasteiger partial charge in [-0.2, -0.15) is 0 Å². The summed E-state index contributed by atoms with van der Waals surface area (Å²) in [6, 6.07) is 17.9. The molecule has 0 aliphatic carbocycles. The minimum Gasteiger partial charge on any atom is -0.352 e. The second-order valence-corrected chi connectivity index (χ2v) is 11.2. The lowest BCUT2D eigenvalue weighted by Crippen LogP contribution is -2.24. The van der Waals surface area contributed by atoms with Gasteiger partial charge in [0.05, 0.1) is 11.0 Å². The molecule has 3 rings (SSSR count). The van der Waals surface area contributed by atoms with E-state index in [-0.39, 0.29) is 5.91 Å². The summed E-state index contributed by atoms with van der Waals surface area (Å²) in [5.41, 5.74) is 3.03. The van der Waals surface area contributed by atoms with E-state index in [0.717, 1.165) is 30.7 Å². The van der Waals surface area contributed by atoms with Crippen LogP contribution in [0.2, 0.25) is 0 Å². The SMILES string of the molecule is CCCCCCCCCCCCCCCCCCn1c(CCCNC(=O)c2ccccc2)nc2ccccc21. The topological polar surface area (TPSA) is 46.9 Å². The number of aromatic nitrogens is 2. The first-order chi connectivity index (χ1) is 19.3. The van der Waals surface area contributed by atoms with Crippen LogP contribution < -0.4 is 5.32 Å². The Kier molecular flexibility index (Phi) is 15.4. The number of amides is 1. The minimum atomic E-state index is -0.00253. The average molecular weight is 532 g/mol. The summed E-state index contributed by atoms with van der Waals surface area (Å²) < 4.78 is 2.41. The molecule has 0 aliphatic rings. The molecular weight excluding hydrogens is 478 g/mol. The fraction of sp³-hybridized carbons (Fsp3) is 0.600. The Morgan fingerprint density at radius 3 is 1.82 bits per heavy atom. The predicted molar refractivity (Wildman–Crippen MR) is 166 cm³/mol. The lowest BCUT2D eigenvalue weighted by molar-refractivity contribution is 0.0953. The van der Waals surface area contributed by atoms with Crippen molar-refractivity contribution in [2.45, 2.75) is 129 Å². The molecule has 2 aromatic carbocycles. The summed E-state index contributed by atoms with van der Waals surface area (Å²) >= 11 is 0. The summed E-state index contributed by atoms with van der Waals surface area (Å²) in [5, 5.41) is 3.05. The van der Waals surface area contributed by atoms with E-state index < -0.39 is 0 Å². The lowest BCUT2D eigenvalue weighted by atomic mass is 10.0. The number of carbonyl (C=O) groups is 1. The van der Waals surface area contributed by atoms with Crippen molar-refractivity contribution in [2.24, 2.45) is 0 Å². The van der Waals surface area contributed by atoms with Gasteiger partial charge in [0, 0.05) is 25.1 Å². The number of hydrogen-bond acceptors (Lipinski definition) is 2. The number of benzene rings is 2. The van der Waals surface area contributed by atoms with Gasteiger partial charge in [-0.1, -0.05) is 134 Å². The fourth-order valence-electron chi connectivity index (χ4n) is 5.52. The van der Waals surface area contributed by atoms with E-state index in [9.17, 15) is 4.79 Å². The largest absolute Gasteiger partial charge is 0.352 e. The number of fused-ring (bicyclic) bond motifs is 1. The molecule has 0 radical (unpaired) electrons. The maximum absolute atomic E-state index is 12.3. The Balaban J connectivity index is 1.26. The van der Waals surface area contributed by atoms with Gasteiger partial charge in [0.15, 0.2) is 0 Å². The zero-order valence-corrected chi connectivity index (χ0v) is 24.6. The van der Waals surface area contributed by atoms with E-state index in [4.69, 9.17) is 4.98 Å². The van der Waals surface area contributed by atoms with Crippen LogP contribution in [-0.4, -0.2) is 22.0 Å². The first kappa shape index (κ1) is 30.9. The average Bonchev–Trinajstić information content (AvgIpc) is 3.32. The minimum absolute atomic E-state index is 0.00253. The van der Waals surface area contributed by atoms with Crippen LogP contribution in [0.4, 0.5) is 0 Å². The Morgan fingerprint density at radius 2 is 1.21 bits per heavy atom. The molecule has 3 aromatic rings. The molecule has 1 heterocycles. The first-order valence-electron chi connectivity index (χ1n) is 16.1. The zero-order valence-electron chi connectivity index (χ0n) is 24.6. The van der Waals surface area contributed by atoms with Gasteiger partial charge in [0.2, 0.25) is 0 Å². The summed E-state index contributed by atoms with van der Waals surface area (Å²) in [5.74, 6) is 1.14. The molecule has 0 aliphatic heterocycles. The Bertz CT molecular complexity index is 1040. The van der Waals surface area contributed by atoms with E-state index in [1.165, 1.54) is 108 Å². The molecule has 1 aromatic heterocycles. The van der Waals surface area contributed by atoms with Crippen LogP contribution in [-0.2, 0) is 13.0 Å². The second-order valence-electron chi connectivity index (χ2n) is 11.2. The van der Waals surface area contributed by atoms with Gasteiger partial charge in [-0.3, -0.25) is 4.79 Å². The molecule has 1 amide bonds. The Labute approximate surface area is 238 Å². The van der Waals surface area contributed by atoms with E-state index in [0.29, 0.717) is 12.1 Å². The van der Waals surface area contributed by atoms with Crippen molar-refractivity contribution in [1.29, 1.82) is 0 Å². The maximum Gasteiger partial charge on any atom is 0.251 e. The standard InChI is InChI=1S/C35H53N3O/c1-2-3-4-5-6-7-8-9-10-11-12-13-14-15-16-22-30-38-33-27-21-20-26-32(33)37-34(38)28-23-29-36-35(39)31-24-18-17-19-25-31/h17-21,24-27H,2-16,22-23,28-30H2,1H3,(H,36,39). The summed E-state index contributed by atoms with van der Waals surface area (Å²) in [4.78, 5) is 17.2. The number of rotatable bonds is 22. The van der Waals surface area contributed by atoms with Crippen molar-refractivity contribution in [1.82, 2.24) is 14.9 Å². The van der Waals surface area contributed by atoms with Gasteiger partial charge in [-0.05, 0) is 37.1 Å². The number of imidazole rings is 1. The van der Waals surface area contributed by atoms with Crippen LogP contribution in [0, 0.1) is 0 Å². The van der Waals surface area contributed by atoms with Gasteiger partial charge in [-0.15, -0.1) is 0 Å². The summed E-state index contributed by atoms with van der Waals surface area (Å²) in [6.45, 7) is 3.99. The van der Waals surface area contributed by atoms with Crippen molar-refractivity contribution in [3.05, 3.63) is 66.0 Å². The molecule has 0 spiro atoms. The molecule has 0 saturated carbocycles. The van der Waals surface area contributed by atoms with Gasteiger partial charge >= 0.3 is 0 Å². The van der Waals surface area contributed by atoms with Crippen LogP contribution in [0.5, 0.6) is 0 Å². The molecule has 4 nitrogen and oxygen atoms in total. The highest BCUT2D eigenvalue weighted by Crippen LogP contribution is 2.19. The number of para-hydroxylation sites is 2. The summed E-state index contributed by atoms with van der Waals surface area (Å²) in [6.07, 6.45) is 24.1. The first-order valence-corrected chi connectivity index (χ1v) is 16.1. The van der Waals surface area contributed by atoms with Gasteiger partial charge < -0.3 is 9.88 Å². The highest BCUT2D eigenvalue weighted by Gasteiger charge is 2.11. The lowest BCUT2D eigenvalue weighted by Gasteiger charge is -2.10. The normalized spacial score (nSPS) is 11.3. The van der Waals surface area contributed by atoms with Gasteiger partial charge in [0.1, 0.15) is 5.82 Å². The van der Waals surface area contributed by atoms with Crippen molar-refractivity contribution in [2.75, 3.05) is 6.54 Å². The molecule has 0 fully saturated rings. The van der Waals surface area contributed by atoms with Crippen molar-refractivity contribution < 1.29 is 4.79 Å². The molecule has 4 heteroatoms. The number of hydrogen-bond donors (Lipinski definition) is 1. The highest BCUT2D eigenvalue weighted by atomic mass is 16.1. The van der Waals surface area contributed by atoms with Crippen molar-refractivity contribution >= 4 is 16.9 Å². The fourth-order valence-corrected chi connectivity index (χ4v) is 5.52. The molecule has 0 saturated heterocycles. The zero-order chi connectivity index (χ0) is 27.4. The number of nitrogens with zero attached hydrogens (tertiary/aromatic N) is 2. The van der Waals surface area contributed by atoms with Crippen LogP contribution >= 0.6 is 0 Å². The van der Waals surface area contributed by atoms with Gasteiger partial charge in [-0.25, -0.2) is 4.98 Å². The van der Waals surface area contributed by atoms with Crippen LogP contribution in [0.25, 0.3) is 11.0 Å². The molecule has 0 bridgehead atoms. The van der Waals surface area contributed by atoms with Crippen LogP contribution in [0.3, 0.4) is 0 Å². The quantitative estimate of drug-likeness (QED) is 0.131. The third-order valence-corrected chi connectivity index (χ3v) is 7.87. The van der Waals surface area contributed by atoms with Crippen molar-refractivity contribution in [3.63, 3.8) is 0 Å². The molecule has 0 unspecified atom stereocenters. The number of unbranched alkanes of at least 4 members (excludes halogenated alkanes) is 15. The second kappa shape index (κ2) is 19.4. The Hall–Kier alpha value is -2.62. The monoisotopic (exact) mass is 531 g/mol. The molecule has 1 N–H and O–H groups in total. The molecule has 39 heavy (non-hydrogen) atoms. The van der Waals surface area contributed by atoms with Crippen molar-refractivity contribution in [3.8, 4) is 0 Å². The van der Waals surface area contributed by atoms with Gasteiger partial charge in [0.25, 0.3) is 5.91 Å². The summed E-state index contributed by atoms with van der Waals surface area (Å²) in [7, 11) is 0. The number of aryl methyl sites for hydroxylation is 2. The maximum atomic E-state index is 12.3. The van der Waals surface area contributed by atoms with E-state index in [2.05, 4.69) is 41.1 Å². The number of carbonyl (C=O) groups excluding carboxylic acids is 1. The molecule has 214 valence electrons. The van der Waals surface area contributed by atoms with Crippen LogP contribution in [0.15, 0.2) is 54.6 Å². The third-order valence-electron chi connectivity index (χ3n) is 7.87.